The third kappa shape index (κ3) is 6.68. The highest BCUT2D eigenvalue weighted by molar-refractivity contribution is 6.08. The SMILES string of the molecule is CCCCc1ccc(C#Cc2ccc(CN(C(=O)c3ccc4ccccc4c3)c3ccc(O)c(C(=O)O)c3)cc2)cc1. The Morgan fingerprint density at radius 1 is 0.738 bits per heavy atom. The highest BCUT2D eigenvalue weighted by atomic mass is 16.4. The predicted molar refractivity (Wildman–Crippen MR) is 167 cm³/mol. The fourth-order valence-electron chi connectivity index (χ4n) is 4.78. The van der Waals surface area contributed by atoms with Crippen molar-refractivity contribution in [2.24, 2.45) is 0 Å². The molecule has 5 aromatic rings. The number of hydrogen-bond donors (Lipinski definition) is 2. The number of carboxylic acid groups (broad SMARTS) is 1. The summed E-state index contributed by atoms with van der Waals surface area (Å²) in [5.74, 6) is 4.50. The van der Waals surface area contributed by atoms with Gasteiger partial charge in [-0.15, -0.1) is 0 Å². The van der Waals surface area contributed by atoms with Crippen molar-refractivity contribution in [3.8, 4) is 17.6 Å². The van der Waals surface area contributed by atoms with Crippen LogP contribution in [0.5, 0.6) is 5.75 Å². The number of rotatable bonds is 8. The molecule has 5 nitrogen and oxygen atoms in total. The van der Waals surface area contributed by atoms with Crippen molar-refractivity contribution in [1.82, 2.24) is 0 Å². The molecular weight excluding hydrogens is 522 g/mol. The standard InChI is InChI=1S/C37H31NO4/c1-2-3-6-26-9-11-27(12-10-26)13-14-28-15-17-29(18-16-28)25-38(33-21-22-35(39)34(24-33)37(41)42)36(40)32-20-19-30-7-4-5-8-31(30)23-32/h4-5,7-12,15-24,39H,2-3,6,25H2,1H3,(H,41,42). The number of unbranched alkanes of at least 4 members (excludes halogenated alkanes) is 1. The van der Waals surface area contributed by atoms with Crippen LogP contribution in [0.2, 0.25) is 0 Å². The molecule has 0 unspecified atom stereocenters. The molecule has 5 rings (SSSR count). The van der Waals surface area contributed by atoms with E-state index in [1.54, 1.807) is 12.1 Å². The molecule has 0 saturated heterocycles. The van der Waals surface area contributed by atoms with Crippen LogP contribution in [0.25, 0.3) is 10.8 Å². The van der Waals surface area contributed by atoms with Crippen LogP contribution in [-0.2, 0) is 13.0 Å². The van der Waals surface area contributed by atoms with Gasteiger partial charge < -0.3 is 15.1 Å². The van der Waals surface area contributed by atoms with E-state index in [0.717, 1.165) is 33.9 Å². The molecule has 0 heterocycles. The highest BCUT2D eigenvalue weighted by Crippen LogP contribution is 2.28. The molecule has 2 N–H and O–H groups in total. The summed E-state index contributed by atoms with van der Waals surface area (Å²) in [6.45, 7) is 2.39. The van der Waals surface area contributed by atoms with Gasteiger partial charge in [0.05, 0.1) is 6.54 Å². The van der Waals surface area contributed by atoms with Crippen molar-refractivity contribution >= 4 is 28.3 Å². The zero-order valence-electron chi connectivity index (χ0n) is 23.4. The molecule has 0 aromatic heterocycles. The lowest BCUT2D eigenvalue weighted by Crippen LogP contribution is -2.30. The number of carbonyl (C=O) groups is 2. The molecule has 0 atom stereocenters. The molecule has 208 valence electrons. The largest absolute Gasteiger partial charge is 0.507 e. The lowest BCUT2D eigenvalue weighted by atomic mass is 10.0. The van der Waals surface area contributed by atoms with E-state index in [2.05, 4.69) is 30.9 Å². The van der Waals surface area contributed by atoms with Crippen LogP contribution in [0.1, 0.15) is 62.7 Å². The van der Waals surface area contributed by atoms with E-state index in [9.17, 15) is 19.8 Å². The van der Waals surface area contributed by atoms with E-state index >= 15 is 0 Å². The normalized spacial score (nSPS) is 10.6. The molecule has 0 fully saturated rings. The minimum absolute atomic E-state index is 0.197. The van der Waals surface area contributed by atoms with E-state index in [1.165, 1.54) is 35.4 Å². The highest BCUT2D eigenvalue weighted by Gasteiger charge is 2.21. The number of aromatic carboxylic acids is 1. The second-order valence-corrected chi connectivity index (χ2v) is 10.2. The maximum Gasteiger partial charge on any atom is 0.339 e. The van der Waals surface area contributed by atoms with Crippen LogP contribution in [-0.4, -0.2) is 22.1 Å². The molecule has 0 bridgehead atoms. The van der Waals surface area contributed by atoms with Gasteiger partial charge in [0, 0.05) is 22.4 Å². The van der Waals surface area contributed by atoms with Crippen LogP contribution in [0, 0.1) is 11.8 Å². The second-order valence-electron chi connectivity index (χ2n) is 10.2. The molecule has 0 aliphatic carbocycles. The van der Waals surface area contributed by atoms with Crippen molar-refractivity contribution in [1.29, 1.82) is 0 Å². The van der Waals surface area contributed by atoms with E-state index in [-0.39, 0.29) is 23.8 Å². The molecule has 5 aromatic carbocycles. The average Bonchev–Trinajstić information content (AvgIpc) is 3.02. The third-order valence-corrected chi connectivity index (χ3v) is 7.18. The Balaban J connectivity index is 1.41. The molecule has 1 amide bonds. The quantitative estimate of drug-likeness (QED) is 0.192. The lowest BCUT2D eigenvalue weighted by Gasteiger charge is -2.24. The van der Waals surface area contributed by atoms with Gasteiger partial charge in [-0.3, -0.25) is 4.79 Å². The third-order valence-electron chi connectivity index (χ3n) is 7.18. The van der Waals surface area contributed by atoms with E-state index < -0.39 is 5.97 Å². The molecule has 0 aliphatic heterocycles. The van der Waals surface area contributed by atoms with Crippen molar-refractivity contribution < 1.29 is 19.8 Å². The Hall–Kier alpha value is -5.34. The first-order valence-corrected chi connectivity index (χ1v) is 14.0. The molecule has 5 heteroatoms. The van der Waals surface area contributed by atoms with Crippen LogP contribution in [0.15, 0.2) is 109 Å². The summed E-state index contributed by atoms with van der Waals surface area (Å²) in [4.78, 5) is 27.1. The minimum atomic E-state index is -1.27. The summed E-state index contributed by atoms with van der Waals surface area (Å²) < 4.78 is 0. The number of aromatic hydroxyl groups is 1. The number of anilines is 1. The van der Waals surface area contributed by atoms with Crippen molar-refractivity contribution in [3.63, 3.8) is 0 Å². The predicted octanol–water partition coefficient (Wildman–Crippen LogP) is 7.83. The molecule has 0 radical (unpaired) electrons. The summed E-state index contributed by atoms with van der Waals surface area (Å²) in [5.41, 5.74) is 4.54. The molecule has 0 aliphatic rings. The number of phenols is 1. The van der Waals surface area contributed by atoms with Crippen molar-refractivity contribution in [2.45, 2.75) is 32.7 Å². The summed E-state index contributed by atoms with van der Waals surface area (Å²) in [6.07, 6.45) is 3.43. The molecular formula is C37H31NO4. The zero-order chi connectivity index (χ0) is 29.5. The first kappa shape index (κ1) is 28.2. The smallest absolute Gasteiger partial charge is 0.339 e. The van der Waals surface area contributed by atoms with E-state index in [0.29, 0.717) is 11.3 Å². The van der Waals surface area contributed by atoms with E-state index in [4.69, 9.17) is 0 Å². The maximum absolute atomic E-state index is 13.9. The van der Waals surface area contributed by atoms with Crippen molar-refractivity contribution in [2.75, 3.05) is 4.90 Å². The van der Waals surface area contributed by atoms with E-state index in [1.807, 2.05) is 72.8 Å². The summed E-state index contributed by atoms with van der Waals surface area (Å²) in [6, 6.07) is 33.5. The lowest BCUT2D eigenvalue weighted by molar-refractivity contribution is 0.0693. The number of benzene rings is 5. The van der Waals surface area contributed by atoms with Gasteiger partial charge in [-0.2, -0.15) is 0 Å². The fourth-order valence-corrected chi connectivity index (χ4v) is 4.78. The fraction of sp³-hybridized carbons (Fsp3) is 0.135. The van der Waals surface area contributed by atoms with Crippen LogP contribution >= 0.6 is 0 Å². The zero-order valence-corrected chi connectivity index (χ0v) is 23.4. The average molecular weight is 554 g/mol. The number of nitrogens with zero attached hydrogens (tertiary/aromatic N) is 1. The monoisotopic (exact) mass is 553 g/mol. The van der Waals surface area contributed by atoms with Gasteiger partial charge in [0.15, 0.2) is 0 Å². The van der Waals surface area contributed by atoms with Gasteiger partial charge >= 0.3 is 5.97 Å². The van der Waals surface area contributed by atoms with Gasteiger partial charge in [-0.1, -0.05) is 79.8 Å². The number of carboxylic acids is 1. The Morgan fingerprint density at radius 3 is 2.02 bits per heavy atom. The second kappa shape index (κ2) is 12.9. The Morgan fingerprint density at radius 2 is 1.38 bits per heavy atom. The minimum Gasteiger partial charge on any atom is -0.507 e. The maximum atomic E-state index is 13.9. The Bertz CT molecular complexity index is 1790. The van der Waals surface area contributed by atoms with Gasteiger partial charge in [0.1, 0.15) is 11.3 Å². The van der Waals surface area contributed by atoms with Gasteiger partial charge in [0.25, 0.3) is 5.91 Å². The first-order chi connectivity index (χ1) is 20.4. The number of fused-ring (bicyclic) bond motifs is 1. The summed E-state index contributed by atoms with van der Waals surface area (Å²) in [7, 11) is 0. The molecule has 0 saturated carbocycles. The topological polar surface area (TPSA) is 77.8 Å². The van der Waals surface area contributed by atoms with Crippen LogP contribution < -0.4 is 4.90 Å². The number of hydrogen-bond acceptors (Lipinski definition) is 3. The van der Waals surface area contributed by atoms with Crippen molar-refractivity contribution in [3.05, 3.63) is 143 Å². The molecule has 42 heavy (non-hydrogen) atoms. The van der Waals surface area contributed by atoms with Crippen LogP contribution in [0.4, 0.5) is 5.69 Å². The summed E-state index contributed by atoms with van der Waals surface area (Å²) >= 11 is 0. The van der Waals surface area contributed by atoms with Crippen LogP contribution in [0.3, 0.4) is 0 Å². The molecule has 0 spiro atoms. The number of carbonyl (C=O) groups excluding carboxylic acids is 1. The van der Waals surface area contributed by atoms with Gasteiger partial charge in [-0.05, 0) is 89.3 Å². The number of amides is 1. The summed E-state index contributed by atoms with van der Waals surface area (Å²) in [5, 5.41) is 21.6. The first-order valence-electron chi connectivity index (χ1n) is 14.0. The Kier molecular flexibility index (Phi) is 8.65. The Labute approximate surface area is 245 Å². The number of aryl methyl sites for hydroxylation is 1. The van der Waals surface area contributed by atoms with Gasteiger partial charge in [-0.25, -0.2) is 4.79 Å². The van der Waals surface area contributed by atoms with Gasteiger partial charge in [0.2, 0.25) is 0 Å².